The fourth-order valence-corrected chi connectivity index (χ4v) is 1.88. The lowest BCUT2D eigenvalue weighted by Crippen LogP contribution is -2.33. The van der Waals surface area contributed by atoms with E-state index < -0.39 is 24.1 Å². The molecule has 7 nitrogen and oxygen atoms in total. The van der Waals surface area contributed by atoms with Crippen molar-refractivity contribution in [3.63, 3.8) is 0 Å². The highest BCUT2D eigenvalue weighted by Gasteiger charge is 2.27. The molecule has 0 saturated heterocycles. The fraction of sp³-hybridized carbons (Fsp3) is 0.312. The first-order valence-electron chi connectivity index (χ1n) is 7.22. The minimum absolute atomic E-state index is 0.0623. The van der Waals surface area contributed by atoms with Gasteiger partial charge in [0.25, 0.3) is 5.91 Å². The van der Waals surface area contributed by atoms with E-state index in [4.69, 9.17) is 4.74 Å². The predicted octanol–water partition coefficient (Wildman–Crippen LogP) is 3.54. The van der Waals surface area contributed by atoms with E-state index >= 15 is 0 Å². The lowest BCUT2D eigenvalue weighted by atomic mass is 10.2. The average Bonchev–Trinajstić information content (AvgIpc) is 2.50. The molecule has 0 spiro atoms. The largest absolute Gasteiger partial charge is 0.459 e. The van der Waals surface area contributed by atoms with Crippen molar-refractivity contribution in [3.05, 3.63) is 41.9 Å². The first kappa shape index (κ1) is 18.5. The van der Waals surface area contributed by atoms with Gasteiger partial charge in [-0.2, -0.15) is 8.78 Å². The second-order valence-electron chi connectivity index (χ2n) is 5.54. The molecule has 1 aromatic heterocycles. The van der Waals surface area contributed by atoms with E-state index in [1.807, 2.05) is 0 Å². The third kappa shape index (κ3) is 5.35. The summed E-state index contributed by atoms with van der Waals surface area (Å²) in [6.45, 7) is 1.19. The van der Waals surface area contributed by atoms with E-state index in [-0.39, 0.29) is 17.1 Å². The SMILES string of the molecule is Cc1cnc(NC(=O)c2ccc(OC(C)(C)OC(F)F)c([O])c2)cn1. The van der Waals surface area contributed by atoms with Gasteiger partial charge in [-0.1, -0.05) is 0 Å². The Morgan fingerprint density at radius 3 is 2.52 bits per heavy atom. The number of rotatable bonds is 6. The lowest BCUT2D eigenvalue weighted by molar-refractivity contribution is -0.264. The van der Waals surface area contributed by atoms with E-state index in [1.54, 1.807) is 6.92 Å². The maximum atomic E-state index is 12.3. The Labute approximate surface area is 142 Å². The Balaban J connectivity index is 2.10. The number of aryl methyl sites for hydroxylation is 1. The van der Waals surface area contributed by atoms with Crippen LogP contribution < -0.4 is 10.1 Å². The lowest BCUT2D eigenvalue weighted by Gasteiger charge is -2.26. The second-order valence-corrected chi connectivity index (χ2v) is 5.54. The Morgan fingerprint density at radius 1 is 1.24 bits per heavy atom. The van der Waals surface area contributed by atoms with Gasteiger partial charge in [-0.25, -0.2) is 4.98 Å². The number of ether oxygens (including phenoxy) is 2. The third-order valence-electron chi connectivity index (χ3n) is 2.96. The number of benzene rings is 1. The van der Waals surface area contributed by atoms with Crippen molar-refractivity contribution >= 4 is 11.7 Å². The van der Waals surface area contributed by atoms with Crippen LogP contribution in [0.25, 0.3) is 0 Å². The number of nitrogens with one attached hydrogen (secondary N) is 1. The Bertz CT molecular complexity index is 752. The summed E-state index contributed by atoms with van der Waals surface area (Å²) in [7, 11) is 0. The molecule has 0 atom stereocenters. The van der Waals surface area contributed by atoms with Crippen molar-refractivity contribution in [2.75, 3.05) is 5.32 Å². The Hall–Kier alpha value is -2.81. The zero-order valence-corrected chi connectivity index (χ0v) is 13.7. The van der Waals surface area contributed by atoms with Gasteiger partial charge in [-0.05, 0) is 19.1 Å². The Morgan fingerprint density at radius 2 is 1.96 bits per heavy atom. The number of alkyl halides is 2. The molecule has 1 N–H and O–H groups in total. The van der Waals surface area contributed by atoms with Gasteiger partial charge < -0.3 is 10.1 Å². The summed E-state index contributed by atoms with van der Waals surface area (Å²) in [6.07, 6.45) is 2.86. The molecule has 0 aliphatic carbocycles. The van der Waals surface area contributed by atoms with Crippen LogP contribution >= 0.6 is 0 Å². The molecule has 0 bridgehead atoms. The van der Waals surface area contributed by atoms with E-state index in [0.717, 1.165) is 6.07 Å². The number of hydrogen-bond donors (Lipinski definition) is 1. The number of carbonyl (C=O) groups excluding carboxylic acids is 1. The summed E-state index contributed by atoms with van der Waals surface area (Å²) < 4.78 is 34.0. The van der Waals surface area contributed by atoms with Gasteiger partial charge >= 0.3 is 6.61 Å². The molecule has 1 radical (unpaired) electrons. The molecular weight excluding hydrogens is 336 g/mol. The summed E-state index contributed by atoms with van der Waals surface area (Å²) in [6, 6.07) is 3.57. The molecule has 133 valence electrons. The molecule has 25 heavy (non-hydrogen) atoms. The highest BCUT2D eigenvalue weighted by atomic mass is 19.3. The molecular formula is C16H16F2N3O4. The number of carbonyl (C=O) groups is 1. The number of amides is 1. The molecule has 2 aromatic rings. The molecule has 0 aliphatic heterocycles. The summed E-state index contributed by atoms with van der Waals surface area (Å²) >= 11 is 0. The summed E-state index contributed by atoms with van der Waals surface area (Å²) in [5.74, 6) is -2.89. The van der Waals surface area contributed by atoms with Crippen LogP contribution in [0.2, 0.25) is 0 Å². The molecule has 1 heterocycles. The molecule has 0 fully saturated rings. The number of hydrogen-bond acceptors (Lipinski definition) is 5. The molecule has 2 rings (SSSR count). The van der Waals surface area contributed by atoms with E-state index in [2.05, 4.69) is 20.0 Å². The van der Waals surface area contributed by atoms with Gasteiger partial charge in [0.15, 0.2) is 11.6 Å². The molecule has 1 aromatic carbocycles. The third-order valence-corrected chi connectivity index (χ3v) is 2.96. The standard InChI is InChI=1S/C16H16F2N3O4/c1-9-7-20-13(8-19-9)21-14(23)10-4-5-12(11(22)6-10)24-16(2,3)25-15(17)18/h4-8,15H,1-3H3,(H,20,21,23). The Kier molecular flexibility index (Phi) is 5.48. The topological polar surface area (TPSA) is 93.2 Å². The van der Waals surface area contributed by atoms with E-state index in [9.17, 15) is 18.7 Å². The van der Waals surface area contributed by atoms with Crippen LogP contribution in [0.15, 0.2) is 30.6 Å². The zero-order valence-electron chi connectivity index (χ0n) is 13.7. The molecule has 0 saturated carbocycles. The quantitative estimate of drug-likeness (QED) is 0.803. The predicted molar refractivity (Wildman–Crippen MR) is 83.1 cm³/mol. The number of aromatic nitrogens is 2. The molecule has 0 aliphatic rings. The number of nitrogens with zero attached hydrogens (tertiary/aromatic N) is 2. The zero-order chi connectivity index (χ0) is 18.6. The summed E-state index contributed by atoms with van der Waals surface area (Å²) in [4.78, 5) is 20.1. The highest BCUT2D eigenvalue weighted by molar-refractivity contribution is 6.04. The number of anilines is 1. The van der Waals surface area contributed by atoms with Crippen LogP contribution in [-0.2, 0) is 9.84 Å². The van der Waals surface area contributed by atoms with Crippen molar-refractivity contribution in [1.82, 2.24) is 9.97 Å². The van der Waals surface area contributed by atoms with Crippen LogP contribution in [0.4, 0.5) is 14.6 Å². The second kappa shape index (κ2) is 7.39. The minimum Gasteiger partial charge on any atom is -0.459 e. The minimum atomic E-state index is -3.05. The molecule has 1 amide bonds. The average molecular weight is 352 g/mol. The smallest absolute Gasteiger partial charge is 0.348 e. The van der Waals surface area contributed by atoms with Crippen LogP contribution in [0, 0.1) is 6.92 Å². The first-order valence-corrected chi connectivity index (χ1v) is 7.22. The summed E-state index contributed by atoms with van der Waals surface area (Å²) in [5, 5.41) is 14.5. The van der Waals surface area contributed by atoms with Crippen molar-refractivity contribution in [3.8, 4) is 11.5 Å². The van der Waals surface area contributed by atoms with Gasteiger partial charge in [-0.15, -0.1) is 0 Å². The van der Waals surface area contributed by atoms with Crippen molar-refractivity contribution < 1.29 is 28.2 Å². The van der Waals surface area contributed by atoms with Crippen LogP contribution in [0.5, 0.6) is 11.5 Å². The molecule has 0 unspecified atom stereocenters. The van der Waals surface area contributed by atoms with Crippen LogP contribution in [0.3, 0.4) is 0 Å². The van der Waals surface area contributed by atoms with Crippen molar-refractivity contribution in [2.24, 2.45) is 0 Å². The highest BCUT2D eigenvalue weighted by Crippen LogP contribution is 2.32. The monoisotopic (exact) mass is 352 g/mol. The fourth-order valence-electron chi connectivity index (χ4n) is 1.88. The molecule has 9 heteroatoms. The van der Waals surface area contributed by atoms with Crippen molar-refractivity contribution in [2.45, 2.75) is 33.2 Å². The maximum absolute atomic E-state index is 12.3. The van der Waals surface area contributed by atoms with E-state index in [1.165, 1.54) is 38.4 Å². The van der Waals surface area contributed by atoms with Gasteiger partial charge in [-0.3, -0.25) is 19.6 Å². The first-order chi connectivity index (χ1) is 11.7. The van der Waals surface area contributed by atoms with Crippen molar-refractivity contribution in [1.29, 1.82) is 0 Å². The summed E-state index contributed by atoms with van der Waals surface area (Å²) in [5.41, 5.74) is 0.752. The van der Waals surface area contributed by atoms with Gasteiger partial charge in [0.05, 0.1) is 18.1 Å². The van der Waals surface area contributed by atoms with Gasteiger partial charge in [0.1, 0.15) is 0 Å². The number of halogens is 2. The van der Waals surface area contributed by atoms with Gasteiger partial charge in [0, 0.05) is 25.5 Å². The van der Waals surface area contributed by atoms with Crippen LogP contribution in [0.1, 0.15) is 29.9 Å². The maximum Gasteiger partial charge on any atom is 0.348 e. The van der Waals surface area contributed by atoms with Gasteiger partial charge in [0.2, 0.25) is 11.5 Å². The van der Waals surface area contributed by atoms with Crippen LogP contribution in [-0.4, -0.2) is 28.3 Å². The normalized spacial score (nSPS) is 11.4. The van der Waals surface area contributed by atoms with E-state index in [0.29, 0.717) is 5.69 Å².